The number of carbonyl (C=O) groups excluding carboxylic acids is 1. The number of nitrogens with one attached hydrogen (secondary N) is 1. The van der Waals surface area contributed by atoms with Crippen LogP contribution in [0.3, 0.4) is 0 Å². The maximum absolute atomic E-state index is 12.2. The van der Waals surface area contributed by atoms with Gasteiger partial charge in [-0.15, -0.1) is 0 Å². The first kappa shape index (κ1) is 16.4. The second kappa shape index (κ2) is 7.38. The number of aryl methyl sites for hydroxylation is 2. The van der Waals surface area contributed by atoms with Crippen molar-refractivity contribution in [3.8, 4) is 11.5 Å². The monoisotopic (exact) mass is 329 g/mol. The Labute approximate surface area is 141 Å². The van der Waals surface area contributed by atoms with Crippen molar-refractivity contribution in [2.75, 3.05) is 13.2 Å². The van der Waals surface area contributed by atoms with Gasteiger partial charge in [0.05, 0.1) is 6.04 Å². The van der Waals surface area contributed by atoms with Crippen LogP contribution < -0.4 is 14.8 Å². The lowest BCUT2D eigenvalue weighted by atomic mass is 10.1. The van der Waals surface area contributed by atoms with Gasteiger partial charge in [-0.3, -0.25) is 4.79 Å². The molecule has 1 aromatic heterocycles. The van der Waals surface area contributed by atoms with E-state index in [4.69, 9.17) is 9.47 Å². The van der Waals surface area contributed by atoms with Crippen LogP contribution in [0.5, 0.6) is 11.5 Å². The highest BCUT2D eigenvalue weighted by Gasteiger charge is 2.16. The summed E-state index contributed by atoms with van der Waals surface area (Å²) in [6, 6.07) is 5.71. The Hall–Kier alpha value is -2.50. The minimum Gasteiger partial charge on any atom is -0.486 e. The van der Waals surface area contributed by atoms with Gasteiger partial charge in [-0.05, 0) is 24.6 Å². The van der Waals surface area contributed by atoms with Crippen LogP contribution in [0.4, 0.5) is 0 Å². The molecule has 1 amide bonds. The molecule has 0 radical (unpaired) electrons. The number of benzene rings is 1. The average molecular weight is 329 g/mol. The quantitative estimate of drug-likeness (QED) is 0.884. The van der Waals surface area contributed by atoms with Gasteiger partial charge < -0.3 is 19.4 Å². The van der Waals surface area contributed by atoms with Crippen LogP contribution in [-0.2, 0) is 17.8 Å². The van der Waals surface area contributed by atoms with Crippen LogP contribution in [0, 0.1) is 0 Å². The molecule has 1 aromatic carbocycles. The summed E-state index contributed by atoms with van der Waals surface area (Å²) in [6.45, 7) is 5.80. The lowest BCUT2D eigenvalue weighted by Crippen LogP contribution is -2.27. The summed E-state index contributed by atoms with van der Waals surface area (Å²) in [5.74, 6) is 2.53. The zero-order valence-electron chi connectivity index (χ0n) is 14.1. The second-order valence-electron chi connectivity index (χ2n) is 5.83. The van der Waals surface area contributed by atoms with Crippen LogP contribution >= 0.6 is 0 Å². The molecule has 1 atom stereocenters. The summed E-state index contributed by atoms with van der Waals surface area (Å²) >= 11 is 0. The third kappa shape index (κ3) is 3.69. The molecule has 2 aromatic rings. The van der Waals surface area contributed by atoms with Gasteiger partial charge in [0, 0.05) is 31.8 Å². The fourth-order valence-electron chi connectivity index (χ4n) is 2.81. The van der Waals surface area contributed by atoms with E-state index in [0.29, 0.717) is 26.2 Å². The fraction of sp³-hybridized carbons (Fsp3) is 0.444. The zero-order chi connectivity index (χ0) is 16.9. The van der Waals surface area contributed by atoms with Gasteiger partial charge in [-0.25, -0.2) is 4.98 Å². The number of hydrogen-bond donors (Lipinski definition) is 1. The summed E-state index contributed by atoms with van der Waals surface area (Å²) in [5.41, 5.74) is 1.00. The minimum absolute atomic E-state index is 0.0214. The van der Waals surface area contributed by atoms with E-state index in [1.54, 1.807) is 6.20 Å². The molecule has 0 saturated carbocycles. The first-order valence-corrected chi connectivity index (χ1v) is 8.36. The van der Waals surface area contributed by atoms with Gasteiger partial charge in [0.15, 0.2) is 11.5 Å². The molecule has 0 fully saturated rings. The molecule has 0 saturated heterocycles. The van der Waals surface area contributed by atoms with Crippen molar-refractivity contribution < 1.29 is 14.3 Å². The highest BCUT2D eigenvalue weighted by molar-refractivity contribution is 5.76. The zero-order valence-corrected chi connectivity index (χ0v) is 14.1. The molecule has 128 valence electrons. The highest BCUT2D eigenvalue weighted by atomic mass is 16.6. The largest absolute Gasteiger partial charge is 0.486 e. The van der Waals surface area contributed by atoms with Crippen molar-refractivity contribution >= 4 is 5.91 Å². The van der Waals surface area contributed by atoms with Crippen LogP contribution in [0.15, 0.2) is 30.6 Å². The summed E-state index contributed by atoms with van der Waals surface area (Å²) in [5, 5.41) is 3.03. The smallest absolute Gasteiger partial charge is 0.222 e. The first-order chi connectivity index (χ1) is 11.7. The Morgan fingerprint density at radius 3 is 2.92 bits per heavy atom. The fourth-order valence-corrected chi connectivity index (χ4v) is 2.81. The number of rotatable bonds is 6. The van der Waals surface area contributed by atoms with E-state index in [9.17, 15) is 4.79 Å². The molecular formula is C18H23N3O3. The van der Waals surface area contributed by atoms with Gasteiger partial charge >= 0.3 is 0 Å². The van der Waals surface area contributed by atoms with E-state index >= 15 is 0 Å². The standard InChI is InChI=1S/C18H23N3O3/c1-3-17-19-7-9-21(17)8-6-18(22)20-13(2)14-4-5-15-16(12-14)24-11-10-23-15/h4-5,7,9,12-13H,3,6,8,10-11H2,1-2H3,(H,20,22)/t13-/m1/s1. The van der Waals surface area contributed by atoms with Crippen molar-refractivity contribution in [1.29, 1.82) is 0 Å². The Kier molecular flexibility index (Phi) is 5.03. The van der Waals surface area contributed by atoms with Crippen LogP contribution in [0.2, 0.25) is 0 Å². The minimum atomic E-state index is -0.0817. The van der Waals surface area contributed by atoms with Crippen molar-refractivity contribution in [3.63, 3.8) is 0 Å². The van der Waals surface area contributed by atoms with E-state index in [1.807, 2.05) is 35.9 Å². The van der Waals surface area contributed by atoms with Gasteiger partial charge in [0.25, 0.3) is 0 Å². The Morgan fingerprint density at radius 2 is 2.12 bits per heavy atom. The SMILES string of the molecule is CCc1nccn1CCC(=O)N[C@H](C)c1ccc2c(c1)OCCO2. The summed E-state index contributed by atoms with van der Waals surface area (Å²) in [7, 11) is 0. The number of aromatic nitrogens is 2. The van der Waals surface area contributed by atoms with Gasteiger partial charge in [0.2, 0.25) is 5.91 Å². The molecule has 1 N–H and O–H groups in total. The molecule has 0 unspecified atom stereocenters. The number of imidazole rings is 1. The van der Waals surface area contributed by atoms with Crippen molar-refractivity contribution in [2.45, 2.75) is 39.3 Å². The number of carbonyl (C=O) groups is 1. The predicted octanol–water partition coefficient (Wildman–Crippen LogP) is 2.48. The summed E-state index contributed by atoms with van der Waals surface area (Å²) in [6.07, 6.45) is 4.98. The molecular weight excluding hydrogens is 306 g/mol. The van der Waals surface area contributed by atoms with Crippen LogP contribution in [-0.4, -0.2) is 28.7 Å². The maximum atomic E-state index is 12.2. The van der Waals surface area contributed by atoms with E-state index in [0.717, 1.165) is 29.3 Å². The maximum Gasteiger partial charge on any atom is 0.222 e. The second-order valence-corrected chi connectivity index (χ2v) is 5.83. The van der Waals surface area contributed by atoms with Gasteiger partial charge in [-0.1, -0.05) is 13.0 Å². The molecule has 0 spiro atoms. The summed E-state index contributed by atoms with van der Waals surface area (Å²) in [4.78, 5) is 16.5. The van der Waals surface area contributed by atoms with E-state index in [2.05, 4.69) is 17.2 Å². The lowest BCUT2D eigenvalue weighted by molar-refractivity contribution is -0.121. The van der Waals surface area contributed by atoms with Crippen LogP contribution in [0.1, 0.15) is 37.7 Å². The van der Waals surface area contributed by atoms with Crippen LogP contribution in [0.25, 0.3) is 0 Å². The number of fused-ring (bicyclic) bond motifs is 1. The summed E-state index contributed by atoms with van der Waals surface area (Å²) < 4.78 is 13.1. The molecule has 24 heavy (non-hydrogen) atoms. The Morgan fingerprint density at radius 1 is 1.33 bits per heavy atom. The van der Waals surface area contributed by atoms with Gasteiger partial charge in [-0.2, -0.15) is 0 Å². The first-order valence-electron chi connectivity index (χ1n) is 8.36. The predicted molar refractivity (Wildman–Crippen MR) is 90.2 cm³/mol. The molecule has 6 heteroatoms. The van der Waals surface area contributed by atoms with Crippen molar-refractivity contribution in [2.24, 2.45) is 0 Å². The molecule has 3 rings (SSSR count). The molecule has 2 heterocycles. The van der Waals surface area contributed by atoms with E-state index in [-0.39, 0.29) is 11.9 Å². The number of hydrogen-bond acceptors (Lipinski definition) is 4. The number of ether oxygens (including phenoxy) is 2. The normalized spacial score (nSPS) is 14.2. The lowest BCUT2D eigenvalue weighted by Gasteiger charge is -2.21. The van der Waals surface area contributed by atoms with Crippen molar-refractivity contribution in [3.05, 3.63) is 42.0 Å². The Balaban J connectivity index is 1.56. The Bertz CT molecular complexity index is 711. The molecule has 0 bridgehead atoms. The molecule has 6 nitrogen and oxygen atoms in total. The van der Waals surface area contributed by atoms with E-state index in [1.165, 1.54) is 0 Å². The highest BCUT2D eigenvalue weighted by Crippen LogP contribution is 2.32. The topological polar surface area (TPSA) is 65.4 Å². The average Bonchev–Trinajstić information content (AvgIpc) is 3.07. The number of amides is 1. The van der Waals surface area contributed by atoms with Crippen molar-refractivity contribution in [1.82, 2.24) is 14.9 Å². The third-order valence-electron chi connectivity index (χ3n) is 4.14. The third-order valence-corrected chi connectivity index (χ3v) is 4.14. The van der Waals surface area contributed by atoms with Gasteiger partial charge in [0.1, 0.15) is 19.0 Å². The molecule has 1 aliphatic heterocycles. The molecule has 1 aliphatic rings. The van der Waals surface area contributed by atoms with E-state index < -0.39 is 0 Å². The number of nitrogens with zero attached hydrogens (tertiary/aromatic N) is 2. The molecule has 0 aliphatic carbocycles.